The standard InChI is InChI=1S/C18H20N4O3/c1-10-5-6-14-13(11(10)2)7-15(21-14)16(23)20-12-8-19-22(9-12)18(3,4)17(24)25/h5-9,21H,1-4H3,(H,20,23)(H,24,25). The van der Waals surface area contributed by atoms with Crippen LogP contribution in [0.5, 0.6) is 0 Å². The van der Waals surface area contributed by atoms with Crippen molar-refractivity contribution in [1.82, 2.24) is 14.8 Å². The molecule has 0 spiro atoms. The van der Waals surface area contributed by atoms with Crippen molar-refractivity contribution in [2.75, 3.05) is 5.32 Å². The van der Waals surface area contributed by atoms with Crippen molar-refractivity contribution in [1.29, 1.82) is 0 Å². The van der Waals surface area contributed by atoms with Crippen LogP contribution in [0.15, 0.2) is 30.6 Å². The lowest BCUT2D eigenvalue weighted by Gasteiger charge is -2.19. The molecule has 0 bridgehead atoms. The Morgan fingerprint density at radius 3 is 2.68 bits per heavy atom. The van der Waals surface area contributed by atoms with Gasteiger partial charge >= 0.3 is 5.97 Å². The van der Waals surface area contributed by atoms with Gasteiger partial charge in [0.2, 0.25) is 0 Å². The Morgan fingerprint density at radius 2 is 2.00 bits per heavy atom. The minimum Gasteiger partial charge on any atom is -0.479 e. The highest BCUT2D eigenvalue weighted by molar-refractivity contribution is 6.06. The van der Waals surface area contributed by atoms with E-state index in [0.717, 1.165) is 22.0 Å². The van der Waals surface area contributed by atoms with Crippen LogP contribution < -0.4 is 5.32 Å². The van der Waals surface area contributed by atoms with E-state index in [9.17, 15) is 14.7 Å². The zero-order chi connectivity index (χ0) is 18.4. The average molecular weight is 340 g/mol. The molecule has 2 aromatic heterocycles. The van der Waals surface area contributed by atoms with Gasteiger partial charge in [-0.05, 0) is 51.0 Å². The molecule has 0 unspecified atom stereocenters. The number of aromatic amines is 1. The van der Waals surface area contributed by atoms with Crippen LogP contribution in [0.4, 0.5) is 5.69 Å². The second-order valence-electron chi connectivity index (χ2n) is 6.64. The van der Waals surface area contributed by atoms with E-state index in [-0.39, 0.29) is 5.91 Å². The number of carboxylic acid groups (broad SMARTS) is 1. The first-order valence-corrected chi connectivity index (χ1v) is 7.89. The molecule has 0 fully saturated rings. The van der Waals surface area contributed by atoms with Crippen LogP contribution >= 0.6 is 0 Å². The number of fused-ring (bicyclic) bond motifs is 1. The maximum atomic E-state index is 12.5. The number of hydrogen-bond acceptors (Lipinski definition) is 3. The third-order valence-electron chi connectivity index (χ3n) is 4.52. The average Bonchev–Trinajstić information content (AvgIpc) is 3.18. The summed E-state index contributed by atoms with van der Waals surface area (Å²) in [6.07, 6.45) is 2.94. The summed E-state index contributed by atoms with van der Waals surface area (Å²) in [4.78, 5) is 26.9. The number of benzene rings is 1. The van der Waals surface area contributed by atoms with Crippen molar-refractivity contribution in [3.8, 4) is 0 Å². The predicted molar refractivity (Wildman–Crippen MR) is 94.9 cm³/mol. The van der Waals surface area contributed by atoms with Gasteiger partial charge in [-0.1, -0.05) is 6.07 Å². The number of aryl methyl sites for hydroxylation is 2. The summed E-state index contributed by atoms with van der Waals surface area (Å²) in [5.41, 5.74) is 2.87. The second kappa shape index (κ2) is 5.77. The quantitative estimate of drug-likeness (QED) is 0.679. The fourth-order valence-electron chi connectivity index (χ4n) is 2.57. The minimum absolute atomic E-state index is 0.305. The number of nitrogens with one attached hydrogen (secondary N) is 2. The van der Waals surface area contributed by atoms with Gasteiger partial charge in [0, 0.05) is 17.1 Å². The van der Waals surface area contributed by atoms with Gasteiger partial charge in [-0.2, -0.15) is 5.10 Å². The first-order chi connectivity index (χ1) is 11.7. The normalized spacial score (nSPS) is 11.7. The lowest BCUT2D eigenvalue weighted by atomic mass is 10.1. The molecule has 0 saturated heterocycles. The molecule has 7 heteroatoms. The Labute approximate surface area is 144 Å². The molecule has 0 atom stereocenters. The van der Waals surface area contributed by atoms with E-state index in [2.05, 4.69) is 15.4 Å². The number of carbonyl (C=O) groups excluding carboxylic acids is 1. The topological polar surface area (TPSA) is 100 Å². The minimum atomic E-state index is -1.20. The molecule has 3 rings (SSSR count). The summed E-state index contributed by atoms with van der Waals surface area (Å²) in [5.74, 6) is -1.31. The largest absolute Gasteiger partial charge is 0.479 e. The highest BCUT2D eigenvalue weighted by atomic mass is 16.4. The fourth-order valence-corrected chi connectivity index (χ4v) is 2.57. The van der Waals surface area contributed by atoms with Crippen LogP contribution in [-0.4, -0.2) is 31.7 Å². The Balaban J connectivity index is 1.85. The summed E-state index contributed by atoms with van der Waals surface area (Å²) in [5, 5.41) is 17.0. The molecular formula is C18H20N4O3. The molecule has 130 valence electrons. The molecule has 3 N–H and O–H groups in total. The van der Waals surface area contributed by atoms with Gasteiger partial charge in [0.25, 0.3) is 5.91 Å². The number of anilines is 1. The maximum absolute atomic E-state index is 12.5. The van der Waals surface area contributed by atoms with Crippen LogP contribution in [0, 0.1) is 13.8 Å². The van der Waals surface area contributed by atoms with E-state index in [1.54, 1.807) is 0 Å². The molecule has 25 heavy (non-hydrogen) atoms. The van der Waals surface area contributed by atoms with Gasteiger partial charge in [0.1, 0.15) is 5.69 Å². The van der Waals surface area contributed by atoms with Gasteiger partial charge in [0.15, 0.2) is 5.54 Å². The summed E-state index contributed by atoms with van der Waals surface area (Å²) >= 11 is 0. The van der Waals surface area contributed by atoms with Gasteiger partial charge in [-0.25, -0.2) is 4.79 Å². The van der Waals surface area contributed by atoms with Crippen molar-refractivity contribution in [2.24, 2.45) is 0 Å². The first kappa shape index (κ1) is 16.8. The van der Waals surface area contributed by atoms with Crippen molar-refractivity contribution in [3.05, 3.63) is 47.4 Å². The molecule has 1 aromatic carbocycles. The van der Waals surface area contributed by atoms with Crippen molar-refractivity contribution in [2.45, 2.75) is 33.2 Å². The summed E-state index contributed by atoms with van der Waals surface area (Å²) < 4.78 is 1.31. The summed E-state index contributed by atoms with van der Waals surface area (Å²) in [6.45, 7) is 7.12. The Hall–Kier alpha value is -3.09. The lowest BCUT2D eigenvalue weighted by molar-refractivity contribution is -0.146. The Morgan fingerprint density at radius 1 is 1.28 bits per heavy atom. The SMILES string of the molecule is Cc1ccc2[nH]c(C(=O)Nc3cnn(C(C)(C)C(=O)O)c3)cc2c1C. The molecule has 0 saturated carbocycles. The fraction of sp³-hybridized carbons (Fsp3) is 0.278. The molecule has 3 aromatic rings. The highest BCUT2D eigenvalue weighted by Gasteiger charge is 2.30. The van der Waals surface area contributed by atoms with Crippen LogP contribution in [0.1, 0.15) is 35.5 Å². The number of carboxylic acids is 1. The van der Waals surface area contributed by atoms with Gasteiger partial charge in [-0.15, -0.1) is 0 Å². The van der Waals surface area contributed by atoms with Gasteiger partial charge < -0.3 is 15.4 Å². The summed E-state index contributed by atoms with van der Waals surface area (Å²) in [6, 6.07) is 5.77. The zero-order valence-electron chi connectivity index (χ0n) is 14.5. The van der Waals surface area contributed by atoms with Crippen LogP contribution in [0.25, 0.3) is 10.9 Å². The summed E-state index contributed by atoms with van der Waals surface area (Å²) in [7, 11) is 0. The van der Waals surface area contributed by atoms with Gasteiger partial charge in [0.05, 0.1) is 11.9 Å². The highest BCUT2D eigenvalue weighted by Crippen LogP contribution is 2.23. The molecule has 0 radical (unpaired) electrons. The van der Waals surface area contributed by atoms with Crippen molar-refractivity contribution in [3.63, 3.8) is 0 Å². The molecule has 2 heterocycles. The zero-order valence-corrected chi connectivity index (χ0v) is 14.5. The lowest BCUT2D eigenvalue weighted by Crippen LogP contribution is -2.35. The smallest absolute Gasteiger partial charge is 0.331 e. The van der Waals surface area contributed by atoms with Crippen molar-refractivity contribution < 1.29 is 14.7 Å². The molecule has 7 nitrogen and oxygen atoms in total. The number of H-pyrrole nitrogens is 1. The number of hydrogen-bond donors (Lipinski definition) is 3. The monoisotopic (exact) mass is 340 g/mol. The third kappa shape index (κ3) is 2.88. The Bertz CT molecular complexity index is 982. The number of aliphatic carboxylic acids is 1. The van der Waals surface area contributed by atoms with E-state index in [1.807, 2.05) is 32.0 Å². The maximum Gasteiger partial charge on any atom is 0.331 e. The third-order valence-corrected chi connectivity index (χ3v) is 4.52. The number of aromatic nitrogens is 3. The predicted octanol–water partition coefficient (Wildman–Crippen LogP) is 3.05. The number of rotatable bonds is 4. The van der Waals surface area contributed by atoms with Crippen molar-refractivity contribution >= 4 is 28.5 Å². The van der Waals surface area contributed by atoms with E-state index in [0.29, 0.717) is 11.4 Å². The van der Waals surface area contributed by atoms with E-state index in [4.69, 9.17) is 0 Å². The number of nitrogens with zero attached hydrogens (tertiary/aromatic N) is 2. The van der Waals surface area contributed by atoms with Crippen LogP contribution in [-0.2, 0) is 10.3 Å². The van der Waals surface area contributed by atoms with Gasteiger partial charge in [-0.3, -0.25) is 9.48 Å². The van der Waals surface area contributed by atoms with E-state index < -0.39 is 11.5 Å². The van der Waals surface area contributed by atoms with Crippen LogP contribution in [0.2, 0.25) is 0 Å². The molecule has 0 aliphatic heterocycles. The molecule has 0 aliphatic carbocycles. The molecule has 1 amide bonds. The van der Waals surface area contributed by atoms with E-state index in [1.165, 1.54) is 30.9 Å². The van der Waals surface area contributed by atoms with Crippen LogP contribution in [0.3, 0.4) is 0 Å². The molecule has 0 aliphatic rings. The Kier molecular flexibility index (Phi) is 3.87. The second-order valence-corrected chi connectivity index (χ2v) is 6.64. The molecular weight excluding hydrogens is 320 g/mol. The first-order valence-electron chi connectivity index (χ1n) is 7.89. The number of amides is 1. The number of carbonyl (C=O) groups is 2. The van der Waals surface area contributed by atoms with E-state index >= 15 is 0 Å².